The lowest BCUT2D eigenvalue weighted by Crippen LogP contribution is -2.30. The van der Waals surface area contributed by atoms with E-state index in [4.69, 9.17) is 13.9 Å². The Balaban J connectivity index is 1.57. The molecular weight excluding hydrogens is 378 g/mol. The van der Waals surface area contributed by atoms with E-state index in [1.54, 1.807) is 30.3 Å². The zero-order valence-corrected chi connectivity index (χ0v) is 15.6. The normalized spacial score (nSPS) is 10.5. The van der Waals surface area contributed by atoms with Gasteiger partial charge in [-0.25, -0.2) is 4.79 Å². The van der Waals surface area contributed by atoms with Crippen LogP contribution >= 0.6 is 0 Å². The highest BCUT2D eigenvalue weighted by molar-refractivity contribution is 5.96. The van der Waals surface area contributed by atoms with Gasteiger partial charge in [0.05, 0.1) is 6.61 Å². The van der Waals surface area contributed by atoms with Crippen molar-refractivity contribution >= 4 is 22.8 Å². The second kappa shape index (κ2) is 8.92. The molecule has 3 aromatic rings. The zero-order valence-electron chi connectivity index (χ0n) is 15.6. The van der Waals surface area contributed by atoms with Crippen molar-refractivity contribution in [2.24, 2.45) is 0 Å². The summed E-state index contributed by atoms with van der Waals surface area (Å²) < 4.78 is 15.5. The number of carbonyl (C=O) groups is 2. The van der Waals surface area contributed by atoms with Crippen LogP contribution in [-0.2, 0) is 16.1 Å². The molecule has 0 saturated carbocycles. The summed E-state index contributed by atoms with van der Waals surface area (Å²) in [5.41, 5.74) is 0.375. The third kappa shape index (κ3) is 5.13. The van der Waals surface area contributed by atoms with Crippen LogP contribution in [0, 0.1) is 0 Å². The SMILES string of the molecule is CCOc1ccc(C(=O)NCC(=O)OCc2cc(=O)oc3cc(O)ccc23)cc1. The van der Waals surface area contributed by atoms with Gasteiger partial charge in [-0.05, 0) is 43.3 Å². The molecule has 1 aromatic heterocycles. The van der Waals surface area contributed by atoms with Crippen LogP contribution in [-0.4, -0.2) is 30.1 Å². The predicted molar refractivity (Wildman–Crippen MR) is 104 cm³/mol. The minimum atomic E-state index is -0.663. The molecule has 2 aromatic carbocycles. The van der Waals surface area contributed by atoms with Gasteiger partial charge in [0.2, 0.25) is 0 Å². The topological polar surface area (TPSA) is 115 Å². The highest BCUT2D eigenvalue weighted by atomic mass is 16.5. The van der Waals surface area contributed by atoms with Crippen LogP contribution in [0.4, 0.5) is 0 Å². The van der Waals surface area contributed by atoms with Gasteiger partial charge in [0.25, 0.3) is 5.91 Å². The number of rotatable bonds is 7. The third-order valence-corrected chi connectivity index (χ3v) is 4.02. The Bertz CT molecular complexity index is 1090. The van der Waals surface area contributed by atoms with E-state index in [0.29, 0.717) is 28.9 Å². The fourth-order valence-electron chi connectivity index (χ4n) is 2.67. The molecule has 0 bridgehead atoms. The van der Waals surface area contributed by atoms with Crippen molar-refractivity contribution in [3.63, 3.8) is 0 Å². The van der Waals surface area contributed by atoms with E-state index < -0.39 is 17.5 Å². The minimum absolute atomic E-state index is 0.0493. The van der Waals surface area contributed by atoms with Crippen molar-refractivity contribution in [2.45, 2.75) is 13.5 Å². The van der Waals surface area contributed by atoms with Gasteiger partial charge in [0.1, 0.15) is 30.2 Å². The van der Waals surface area contributed by atoms with Crippen LogP contribution in [0.3, 0.4) is 0 Å². The summed E-state index contributed by atoms with van der Waals surface area (Å²) in [4.78, 5) is 35.7. The number of esters is 1. The molecule has 150 valence electrons. The average molecular weight is 397 g/mol. The Morgan fingerprint density at radius 3 is 2.59 bits per heavy atom. The Hall–Kier alpha value is -3.81. The highest BCUT2D eigenvalue weighted by Crippen LogP contribution is 2.22. The molecule has 0 aliphatic heterocycles. The molecule has 0 radical (unpaired) electrons. The number of carbonyl (C=O) groups excluding carboxylic acids is 2. The maximum atomic E-state index is 12.1. The monoisotopic (exact) mass is 397 g/mol. The van der Waals surface area contributed by atoms with Gasteiger partial charge in [-0.1, -0.05) is 0 Å². The van der Waals surface area contributed by atoms with Crippen molar-refractivity contribution in [3.05, 3.63) is 70.1 Å². The summed E-state index contributed by atoms with van der Waals surface area (Å²) in [6, 6.07) is 12.0. The van der Waals surface area contributed by atoms with E-state index in [1.807, 2.05) is 6.92 Å². The molecule has 0 aliphatic carbocycles. The molecule has 1 heterocycles. The second-order valence-electron chi connectivity index (χ2n) is 6.07. The van der Waals surface area contributed by atoms with Crippen molar-refractivity contribution in [2.75, 3.05) is 13.2 Å². The highest BCUT2D eigenvalue weighted by Gasteiger charge is 2.12. The van der Waals surface area contributed by atoms with Gasteiger partial charge in [-0.15, -0.1) is 0 Å². The molecule has 0 aliphatic rings. The quantitative estimate of drug-likeness (QED) is 0.464. The number of benzene rings is 2. The van der Waals surface area contributed by atoms with Gasteiger partial charge < -0.3 is 24.3 Å². The molecule has 2 N–H and O–H groups in total. The van der Waals surface area contributed by atoms with Crippen LogP contribution in [0.1, 0.15) is 22.8 Å². The third-order valence-electron chi connectivity index (χ3n) is 4.02. The van der Waals surface area contributed by atoms with Gasteiger partial charge >= 0.3 is 11.6 Å². The lowest BCUT2D eigenvalue weighted by molar-refractivity contribution is -0.143. The van der Waals surface area contributed by atoms with Crippen LogP contribution in [0.15, 0.2) is 57.7 Å². The number of phenols is 1. The van der Waals surface area contributed by atoms with Crippen molar-refractivity contribution < 1.29 is 28.6 Å². The first-order valence-electron chi connectivity index (χ1n) is 8.88. The van der Waals surface area contributed by atoms with Gasteiger partial charge in [-0.3, -0.25) is 9.59 Å². The van der Waals surface area contributed by atoms with E-state index >= 15 is 0 Å². The number of hydrogen-bond donors (Lipinski definition) is 2. The fourth-order valence-corrected chi connectivity index (χ4v) is 2.67. The maximum absolute atomic E-state index is 12.1. The van der Waals surface area contributed by atoms with E-state index in [0.717, 1.165) is 0 Å². The average Bonchev–Trinajstić information content (AvgIpc) is 2.70. The van der Waals surface area contributed by atoms with Crippen molar-refractivity contribution in [1.29, 1.82) is 0 Å². The molecule has 29 heavy (non-hydrogen) atoms. The van der Waals surface area contributed by atoms with E-state index in [9.17, 15) is 19.5 Å². The summed E-state index contributed by atoms with van der Waals surface area (Å²) >= 11 is 0. The molecule has 1 amide bonds. The minimum Gasteiger partial charge on any atom is -0.508 e. The summed E-state index contributed by atoms with van der Waals surface area (Å²) in [7, 11) is 0. The first kappa shape index (κ1) is 19.9. The van der Waals surface area contributed by atoms with E-state index in [-0.39, 0.29) is 24.5 Å². The number of amides is 1. The largest absolute Gasteiger partial charge is 0.508 e. The number of fused-ring (bicyclic) bond motifs is 1. The molecule has 0 fully saturated rings. The first-order chi connectivity index (χ1) is 14.0. The van der Waals surface area contributed by atoms with Crippen LogP contribution in [0.2, 0.25) is 0 Å². The number of ether oxygens (including phenoxy) is 2. The van der Waals surface area contributed by atoms with Crippen LogP contribution < -0.4 is 15.7 Å². The lowest BCUT2D eigenvalue weighted by Gasteiger charge is -2.09. The smallest absolute Gasteiger partial charge is 0.336 e. The number of phenolic OH excluding ortho intramolecular Hbond substituents is 1. The zero-order chi connectivity index (χ0) is 20.8. The standard InChI is InChI=1S/C21H19NO7/c1-2-27-16-6-3-13(4-7-16)21(26)22-11-20(25)28-12-14-9-19(24)29-18-10-15(23)5-8-17(14)18/h3-10,23H,2,11-12H2,1H3,(H,22,26). The number of aromatic hydroxyl groups is 1. The Morgan fingerprint density at radius 1 is 1.10 bits per heavy atom. The lowest BCUT2D eigenvalue weighted by atomic mass is 10.1. The number of hydrogen-bond acceptors (Lipinski definition) is 7. The molecule has 8 heteroatoms. The molecule has 3 rings (SSSR count). The van der Waals surface area contributed by atoms with Gasteiger partial charge in [0.15, 0.2) is 0 Å². The predicted octanol–water partition coefficient (Wildman–Crippen LogP) is 2.37. The summed E-state index contributed by atoms with van der Waals surface area (Å²) in [5, 5.41) is 12.5. The Kier molecular flexibility index (Phi) is 6.13. The summed E-state index contributed by atoms with van der Waals surface area (Å²) in [6.07, 6.45) is 0. The van der Waals surface area contributed by atoms with E-state index in [1.165, 1.54) is 18.2 Å². The van der Waals surface area contributed by atoms with Gasteiger partial charge in [-0.2, -0.15) is 0 Å². The summed E-state index contributed by atoms with van der Waals surface area (Å²) in [5.74, 6) is -0.487. The van der Waals surface area contributed by atoms with Crippen molar-refractivity contribution in [1.82, 2.24) is 5.32 Å². The van der Waals surface area contributed by atoms with Gasteiger partial charge in [0, 0.05) is 28.6 Å². The molecule has 0 saturated heterocycles. The number of nitrogens with one attached hydrogen (secondary N) is 1. The Morgan fingerprint density at radius 2 is 1.86 bits per heavy atom. The fraction of sp³-hybridized carbons (Fsp3) is 0.190. The maximum Gasteiger partial charge on any atom is 0.336 e. The van der Waals surface area contributed by atoms with Crippen molar-refractivity contribution in [3.8, 4) is 11.5 Å². The van der Waals surface area contributed by atoms with E-state index in [2.05, 4.69) is 5.32 Å². The molecule has 8 nitrogen and oxygen atoms in total. The molecular formula is C21H19NO7. The second-order valence-corrected chi connectivity index (χ2v) is 6.07. The molecule has 0 unspecified atom stereocenters. The van der Waals surface area contributed by atoms with Crippen LogP contribution in [0.5, 0.6) is 11.5 Å². The molecule has 0 spiro atoms. The first-order valence-corrected chi connectivity index (χ1v) is 8.88. The Labute approximate surface area is 165 Å². The molecule has 0 atom stereocenters. The summed E-state index contributed by atoms with van der Waals surface area (Å²) in [6.45, 7) is 1.88. The van der Waals surface area contributed by atoms with Crippen LogP contribution in [0.25, 0.3) is 11.0 Å².